The van der Waals surface area contributed by atoms with E-state index in [1.54, 1.807) is 24.5 Å². The standard InChI is InChI=1S/C18H15BrN4O/c19-14-6-4-13(5-7-14)18(24)23-16-8-9-17(22-12-16)21-11-15-3-1-2-10-20-15/h1-10,12H,11H2,(H,21,22)(H,23,24). The summed E-state index contributed by atoms with van der Waals surface area (Å²) in [6.45, 7) is 0.596. The third kappa shape index (κ3) is 4.39. The number of carbonyl (C=O) groups excluding carboxylic acids is 1. The summed E-state index contributed by atoms with van der Waals surface area (Å²) in [6, 6.07) is 16.6. The summed E-state index contributed by atoms with van der Waals surface area (Å²) in [4.78, 5) is 20.7. The van der Waals surface area contributed by atoms with Crippen molar-refractivity contribution in [2.24, 2.45) is 0 Å². The van der Waals surface area contributed by atoms with Crippen LogP contribution >= 0.6 is 15.9 Å². The average Bonchev–Trinajstić information content (AvgIpc) is 2.62. The number of aromatic nitrogens is 2. The number of nitrogens with zero attached hydrogens (tertiary/aromatic N) is 2. The molecule has 6 heteroatoms. The van der Waals surface area contributed by atoms with Crippen LogP contribution in [0.25, 0.3) is 0 Å². The zero-order valence-corrected chi connectivity index (χ0v) is 14.3. The quantitative estimate of drug-likeness (QED) is 0.696. The molecule has 0 unspecified atom stereocenters. The molecule has 0 saturated carbocycles. The van der Waals surface area contributed by atoms with Crippen LogP contribution in [0, 0.1) is 0 Å². The smallest absolute Gasteiger partial charge is 0.255 e. The molecule has 5 nitrogen and oxygen atoms in total. The predicted octanol–water partition coefficient (Wildman–Crippen LogP) is 4.10. The lowest BCUT2D eigenvalue weighted by Gasteiger charge is -2.08. The minimum Gasteiger partial charge on any atom is -0.364 e. The Morgan fingerprint density at radius 3 is 2.50 bits per heavy atom. The molecule has 0 saturated heterocycles. The molecule has 24 heavy (non-hydrogen) atoms. The summed E-state index contributed by atoms with van der Waals surface area (Å²) in [6.07, 6.45) is 3.38. The van der Waals surface area contributed by atoms with Crippen LogP contribution in [0.1, 0.15) is 16.1 Å². The summed E-state index contributed by atoms with van der Waals surface area (Å²) >= 11 is 3.35. The first-order valence-corrected chi connectivity index (χ1v) is 8.17. The van der Waals surface area contributed by atoms with E-state index in [0.29, 0.717) is 17.8 Å². The summed E-state index contributed by atoms with van der Waals surface area (Å²) in [5.41, 5.74) is 2.17. The van der Waals surface area contributed by atoms with Gasteiger partial charge in [-0.25, -0.2) is 4.98 Å². The Hall–Kier alpha value is -2.73. The predicted molar refractivity (Wildman–Crippen MR) is 97.9 cm³/mol. The van der Waals surface area contributed by atoms with Crippen molar-refractivity contribution in [3.05, 3.63) is 82.7 Å². The van der Waals surface area contributed by atoms with Crippen LogP contribution in [0.3, 0.4) is 0 Å². The largest absolute Gasteiger partial charge is 0.364 e. The molecule has 1 amide bonds. The third-order valence-electron chi connectivity index (χ3n) is 3.30. The van der Waals surface area contributed by atoms with Crippen molar-refractivity contribution in [3.63, 3.8) is 0 Å². The highest BCUT2D eigenvalue weighted by atomic mass is 79.9. The van der Waals surface area contributed by atoms with Crippen molar-refractivity contribution in [2.45, 2.75) is 6.54 Å². The fourth-order valence-electron chi connectivity index (χ4n) is 2.06. The first-order valence-electron chi connectivity index (χ1n) is 7.37. The van der Waals surface area contributed by atoms with Gasteiger partial charge in [0.2, 0.25) is 0 Å². The first kappa shape index (κ1) is 16.1. The van der Waals surface area contributed by atoms with Crippen molar-refractivity contribution in [1.29, 1.82) is 0 Å². The van der Waals surface area contributed by atoms with E-state index in [1.165, 1.54) is 0 Å². The van der Waals surface area contributed by atoms with Gasteiger partial charge in [-0.1, -0.05) is 22.0 Å². The summed E-state index contributed by atoms with van der Waals surface area (Å²) in [7, 11) is 0. The van der Waals surface area contributed by atoms with E-state index in [9.17, 15) is 4.79 Å². The Bertz CT molecular complexity index is 805. The van der Waals surface area contributed by atoms with Crippen LogP contribution < -0.4 is 10.6 Å². The van der Waals surface area contributed by atoms with Gasteiger partial charge in [0.05, 0.1) is 24.1 Å². The molecule has 0 aliphatic carbocycles. The second-order valence-corrected chi connectivity index (χ2v) is 5.98. The van der Waals surface area contributed by atoms with E-state index in [4.69, 9.17) is 0 Å². The molecule has 3 aromatic rings. The number of halogens is 1. The Balaban J connectivity index is 1.58. The number of benzene rings is 1. The van der Waals surface area contributed by atoms with Gasteiger partial charge in [-0.05, 0) is 48.5 Å². The van der Waals surface area contributed by atoms with Crippen LogP contribution in [0.5, 0.6) is 0 Å². The van der Waals surface area contributed by atoms with Gasteiger partial charge in [0.1, 0.15) is 5.82 Å². The van der Waals surface area contributed by atoms with E-state index < -0.39 is 0 Å². The van der Waals surface area contributed by atoms with E-state index in [2.05, 4.69) is 36.5 Å². The third-order valence-corrected chi connectivity index (χ3v) is 3.83. The summed E-state index contributed by atoms with van der Waals surface area (Å²) < 4.78 is 0.934. The maximum atomic E-state index is 12.1. The van der Waals surface area contributed by atoms with Gasteiger partial charge < -0.3 is 10.6 Å². The Morgan fingerprint density at radius 2 is 1.83 bits per heavy atom. The number of carbonyl (C=O) groups is 1. The molecule has 0 aliphatic rings. The van der Waals surface area contributed by atoms with Crippen LogP contribution in [0.4, 0.5) is 11.5 Å². The zero-order valence-electron chi connectivity index (χ0n) is 12.7. The number of amides is 1. The van der Waals surface area contributed by atoms with Gasteiger partial charge in [-0.2, -0.15) is 0 Å². The first-order chi connectivity index (χ1) is 11.7. The van der Waals surface area contributed by atoms with Crippen molar-refractivity contribution in [3.8, 4) is 0 Å². The van der Waals surface area contributed by atoms with E-state index in [0.717, 1.165) is 16.0 Å². The van der Waals surface area contributed by atoms with Gasteiger partial charge >= 0.3 is 0 Å². The average molecular weight is 383 g/mol. The van der Waals surface area contributed by atoms with Gasteiger partial charge in [0.25, 0.3) is 5.91 Å². The molecule has 2 aromatic heterocycles. The second kappa shape index (κ2) is 7.70. The van der Waals surface area contributed by atoms with Crippen molar-refractivity contribution in [1.82, 2.24) is 9.97 Å². The van der Waals surface area contributed by atoms with Crippen LogP contribution in [-0.4, -0.2) is 15.9 Å². The highest BCUT2D eigenvalue weighted by molar-refractivity contribution is 9.10. The lowest BCUT2D eigenvalue weighted by Crippen LogP contribution is -2.12. The van der Waals surface area contributed by atoms with Gasteiger partial charge in [0.15, 0.2) is 0 Å². The Labute approximate surface area is 148 Å². The molecule has 0 fully saturated rings. The maximum absolute atomic E-state index is 12.1. The topological polar surface area (TPSA) is 66.9 Å². The number of hydrogen-bond acceptors (Lipinski definition) is 4. The number of anilines is 2. The summed E-state index contributed by atoms with van der Waals surface area (Å²) in [5, 5.41) is 6.01. The van der Waals surface area contributed by atoms with Crippen LogP contribution in [-0.2, 0) is 6.54 Å². The molecular weight excluding hydrogens is 368 g/mol. The normalized spacial score (nSPS) is 10.2. The molecule has 0 atom stereocenters. The molecule has 1 aromatic carbocycles. The Morgan fingerprint density at radius 1 is 1.00 bits per heavy atom. The van der Waals surface area contributed by atoms with E-state index in [1.807, 2.05) is 42.5 Å². The molecule has 0 bridgehead atoms. The van der Waals surface area contributed by atoms with Crippen molar-refractivity contribution < 1.29 is 4.79 Å². The maximum Gasteiger partial charge on any atom is 0.255 e. The fourth-order valence-corrected chi connectivity index (χ4v) is 2.33. The van der Waals surface area contributed by atoms with E-state index in [-0.39, 0.29) is 5.91 Å². The van der Waals surface area contributed by atoms with E-state index >= 15 is 0 Å². The zero-order chi connectivity index (χ0) is 16.8. The van der Waals surface area contributed by atoms with Crippen LogP contribution in [0.15, 0.2) is 71.5 Å². The van der Waals surface area contributed by atoms with Crippen molar-refractivity contribution >= 4 is 33.3 Å². The number of hydrogen-bond donors (Lipinski definition) is 2. The number of nitrogens with one attached hydrogen (secondary N) is 2. The lowest BCUT2D eigenvalue weighted by molar-refractivity contribution is 0.102. The van der Waals surface area contributed by atoms with Crippen LogP contribution in [0.2, 0.25) is 0 Å². The molecule has 120 valence electrons. The highest BCUT2D eigenvalue weighted by Crippen LogP contribution is 2.14. The highest BCUT2D eigenvalue weighted by Gasteiger charge is 2.06. The van der Waals surface area contributed by atoms with Gasteiger partial charge in [-0.3, -0.25) is 9.78 Å². The SMILES string of the molecule is O=C(Nc1ccc(NCc2ccccn2)nc1)c1ccc(Br)cc1. The molecule has 0 spiro atoms. The molecule has 2 heterocycles. The lowest BCUT2D eigenvalue weighted by atomic mass is 10.2. The molecular formula is C18H15BrN4O. The minimum atomic E-state index is -0.168. The Kier molecular flexibility index (Phi) is 5.18. The fraction of sp³-hybridized carbons (Fsp3) is 0.0556. The monoisotopic (exact) mass is 382 g/mol. The molecule has 2 N–H and O–H groups in total. The summed E-state index contributed by atoms with van der Waals surface area (Å²) in [5.74, 6) is 0.556. The van der Waals surface area contributed by atoms with Gasteiger partial charge in [0, 0.05) is 16.2 Å². The van der Waals surface area contributed by atoms with Crippen molar-refractivity contribution in [2.75, 3.05) is 10.6 Å². The molecule has 0 radical (unpaired) electrons. The minimum absolute atomic E-state index is 0.168. The molecule has 3 rings (SSSR count). The number of rotatable bonds is 5. The second-order valence-electron chi connectivity index (χ2n) is 5.07. The number of pyridine rings is 2. The molecule has 0 aliphatic heterocycles. The van der Waals surface area contributed by atoms with Gasteiger partial charge in [-0.15, -0.1) is 0 Å².